The Bertz CT molecular complexity index is 167. The van der Waals surface area contributed by atoms with Gasteiger partial charge in [0.2, 0.25) is 0 Å². The SMILES string of the molecule is CC(C)COCC(C)NCC1CCOCC1. The van der Waals surface area contributed by atoms with Gasteiger partial charge in [-0.15, -0.1) is 0 Å². The summed E-state index contributed by atoms with van der Waals surface area (Å²) >= 11 is 0. The van der Waals surface area contributed by atoms with Crippen LogP contribution in [0, 0.1) is 11.8 Å². The fourth-order valence-corrected chi connectivity index (χ4v) is 1.86. The van der Waals surface area contributed by atoms with Crippen molar-refractivity contribution in [3.05, 3.63) is 0 Å². The van der Waals surface area contributed by atoms with E-state index in [1.807, 2.05) is 0 Å². The van der Waals surface area contributed by atoms with Crippen LogP contribution in [0.1, 0.15) is 33.6 Å². The highest BCUT2D eigenvalue weighted by molar-refractivity contribution is 4.69. The smallest absolute Gasteiger partial charge is 0.0617 e. The van der Waals surface area contributed by atoms with Crippen LogP contribution in [-0.2, 0) is 9.47 Å². The fourth-order valence-electron chi connectivity index (χ4n) is 1.86. The number of hydrogen-bond acceptors (Lipinski definition) is 3. The molecular formula is C13H27NO2. The monoisotopic (exact) mass is 229 g/mol. The molecule has 1 aliphatic rings. The van der Waals surface area contributed by atoms with Crippen molar-refractivity contribution in [2.24, 2.45) is 11.8 Å². The first-order chi connectivity index (χ1) is 7.68. The quantitative estimate of drug-likeness (QED) is 0.725. The third-order valence-corrected chi connectivity index (χ3v) is 2.91. The van der Waals surface area contributed by atoms with Crippen molar-refractivity contribution in [3.63, 3.8) is 0 Å². The van der Waals surface area contributed by atoms with Crippen molar-refractivity contribution in [2.75, 3.05) is 33.0 Å². The van der Waals surface area contributed by atoms with Gasteiger partial charge in [0.1, 0.15) is 0 Å². The van der Waals surface area contributed by atoms with Crippen LogP contribution in [-0.4, -0.2) is 39.0 Å². The zero-order chi connectivity index (χ0) is 11.8. The van der Waals surface area contributed by atoms with E-state index < -0.39 is 0 Å². The summed E-state index contributed by atoms with van der Waals surface area (Å²) in [7, 11) is 0. The lowest BCUT2D eigenvalue weighted by Crippen LogP contribution is -2.36. The number of nitrogens with one attached hydrogen (secondary N) is 1. The van der Waals surface area contributed by atoms with E-state index >= 15 is 0 Å². The molecular weight excluding hydrogens is 202 g/mol. The van der Waals surface area contributed by atoms with Crippen molar-refractivity contribution in [3.8, 4) is 0 Å². The zero-order valence-electron chi connectivity index (χ0n) is 11.0. The lowest BCUT2D eigenvalue weighted by atomic mass is 10.0. The van der Waals surface area contributed by atoms with Gasteiger partial charge in [0.05, 0.1) is 6.61 Å². The highest BCUT2D eigenvalue weighted by Crippen LogP contribution is 2.13. The van der Waals surface area contributed by atoms with Gasteiger partial charge in [-0.25, -0.2) is 0 Å². The van der Waals surface area contributed by atoms with Crippen LogP contribution in [0.25, 0.3) is 0 Å². The molecule has 3 nitrogen and oxygen atoms in total. The molecule has 0 aromatic rings. The Balaban J connectivity index is 1.98. The lowest BCUT2D eigenvalue weighted by molar-refractivity contribution is 0.0610. The van der Waals surface area contributed by atoms with Crippen LogP contribution >= 0.6 is 0 Å². The number of ether oxygens (including phenoxy) is 2. The number of hydrogen-bond donors (Lipinski definition) is 1. The van der Waals surface area contributed by atoms with Crippen molar-refractivity contribution in [2.45, 2.75) is 39.7 Å². The average molecular weight is 229 g/mol. The van der Waals surface area contributed by atoms with Crippen molar-refractivity contribution >= 4 is 0 Å². The molecule has 0 aromatic carbocycles. The first-order valence-corrected chi connectivity index (χ1v) is 6.57. The Hall–Kier alpha value is -0.120. The lowest BCUT2D eigenvalue weighted by Gasteiger charge is -2.24. The minimum Gasteiger partial charge on any atom is -0.381 e. The molecule has 96 valence electrons. The van der Waals surface area contributed by atoms with Crippen molar-refractivity contribution in [1.82, 2.24) is 5.32 Å². The maximum Gasteiger partial charge on any atom is 0.0617 e. The maximum atomic E-state index is 5.61. The molecule has 1 heterocycles. The van der Waals surface area contributed by atoms with Crippen LogP contribution < -0.4 is 5.32 Å². The van der Waals surface area contributed by atoms with Gasteiger partial charge in [0, 0.05) is 25.9 Å². The predicted octanol–water partition coefficient (Wildman–Crippen LogP) is 2.06. The molecule has 0 bridgehead atoms. The second-order valence-electron chi connectivity index (χ2n) is 5.30. The van der Waals surface area contributed by atoms with Gasteiger partial charge in [-0.1, -0.05) is 13.8 Å². The molecule has 0 radical (unpaired) electrons. The molecule has 16 heavy (non-hydrogen) atoms. The maximum absolute atomic E-state index is 5.61. The summed E-state index contributed by atoms with van der Waals surface area (Å²) in [4.78, 5) is 0. The Morgan fingerprint density at radius 2 is 1.88 bits per heavy atom. The molecule has 1 unspecified atom stereocenters. The molecule has 0 spiro atoms. The van der Waals surface area contributed by atoms with E-state index in [0.29, 0.717) is 12.0 Å². The second kappa shape index (κ2) is 8.04. The zero-order valence-corrected chi connectivity index (χ0v) is 11.0. The summed E-state index contributed by atoms with van der Waals surface area (Å²) < 4.78 is 11.0. The third-order valence-electron chi connectivity index (χ3n) is 2.91. The summed E-state index contributed by atoms with van der Waals surface area (Å²) in [5, 5.41) is 3.55. The van der Waals surface area contributed by atoms with E-state index in [-0.39, 0.29) is 0 Å². The highest BCUT2D eigenvalue weighted by atomic mass is 16.5. The molecule has 1 aliphatic heterocycles. The van der Waals surface area contributed by atoms with E-state index in [1.54, 1.807) is 0 Å². The van der Waals surface area contributed by atoms with Gasteiger partial charge in [-0.2, -0.15) is 0 Å². The normalized spacial score (nSPS) is 20.2. The largest absolute Gasteiger partial charge is 0.381 e. The number of rotatable bonds is 7. The molecule has 0 saturated carbocycles. The van der Waals surface area contributed by atoms with Gasteiger partial charge in [-0.05, 0) is 38.1 Å². The minimum atomic E-state index is 0.460. The van der Waals surface area contributed by atoms with Crippen molar-refractivity contribution in [1.29, 1.82) is 0 Å². The molecule has 0 aliphatic carbocycles. The van der Waals surface area contributed by atoms with Crippen LogP contribution in [0.5, 0.6) is 0 Å². The summed E-state index contributed by atoms with van der Waals surface area (Å²) in [5.74, 6) is 1.42. The summed E-state index contributed by atoms with van der Waals surface area (Å²) in [5.41, 5.74) is 0. The topological polar surface area (TPSA) is 30.5 Å². The Morgan fingerprint density at radius 3 is 2.50 bits per heavy atom. The molecule has 1 N–H and O–H groups in total. The van der Waals surface area contributed by atoms with Gasteiger partial charge >= 0.3 is 0 Å². The summed E-state index contributed by atoms with van der Waals surface area (Å²) in [6.07, 6.45) is 2.40. The average Bonchev–Trinajstić information content (AvgIpc) is 2.27. The third kappa shape index (κ3) is 6.46. The van der Waals surface area contributed by atoms with Gasteiger partial charge in [0.15, 0.2) is 0 Å². The second-order valence-corrected chi connectivity index (χ2v) is 5.30. The first-order valence-electron chi connectivity index (χ1n) is 6.57. The van der Waals surface area contributed by atoms with Gasteiger partial charge in [0.25, 0.3) is 0 Å². The van der Waals surface area contributed by atoms with Crippen LogP contribution in [0.2, 0.25) is 0 Å². The minimum absolute atomic E-state index is 0.460. The Kier molecular flexibility index (Phi) is 7.01. The molecule has 1 saturated heterocycles. The summed E-state index contributed by atoms with van der Waals surface area (Å²) in [6, 6.07) is 0.460. The Labute approximate surface area is 99.9 Å². The van der Waals surface area contributed by atoms with E-state index in [9.17, 15) is 0 Å². The van der Waals surface area contributed by atoms with E-state index in [1.165, 1.54) is 12.8 Å². The fraction of sp³-hybridized carbons (Fsp3) is 1.00. The van der Waals surface area contributed by atoms with E-state index in [0.717, 1.165) is 38.9 Å². The van der Waals surface area contributed by atoms with Crippen LogP contribution in [0.15, 0.2) is 0 Å². The molecule has 1 fully saturated rings. The molecule has 3 heteroatoms. The van der Waals surface area contributed by atoms with Crippen LogP contribution in [0.4, 0.5) is 0 Å². The van der Waals surface area contributed by atoms with E-state index in [4.69, 9.17) is 9.47 Å². The standard InChI is InChI=1S/C13H27NO2/c1-11(2)9-16-10-12(3)14-8-13-4-6-15-7-5-13/h11-14H,4-10H2,1-3H3. The van der Waals surface area contributed by atoms with Gasteiger partial charge in [-0.3, -0.25) is 0 Å². The Morgan fingerprint density at radius 1 is 1.19 bits per heavy atom. The molecule has 0 aromatic heterocycles. The molecule has 1 rings (SSSR count). The summed E-state index contributed by atoms with van der Waals surface area (Å²) in [6.45, 7) is 11.2. The van der Waals surface area contributed by atoms with Crippen molar-refractivity contribution < 1.29 is 9.47 Å². The van der Waals surface area contributed by atoms with E-state index in [2.05, 4.69) is 26.1 Å². The van der Waals surface area contributed by atoms with Gasteiger partial charge < -0.3 is 14.8 Å². The highest BCUT2D eigenvalue weighted by Gasteiger charge is 2.14. The molecule has 1 atom stereocenters. The molecule has 0 amide bonds. The predicted molar refractivity (Wildman–Crippen MR) is 66.7 cm³/mol. The first kappa shape index (κ1) is 13.9. The van der Waals surface area contributed by atoms with Crippen LogP contribution in [0.3, 0.4) is 0 Å².